The Morgan fingerprint density at radius 3 is 2.70 bits per heavy atom. The summed E-state index contributed by atoms with van der Waals surface area (Å²) in [5.74, 6) is 0. The molecule has 0 fully saturated rings. The summed E-state index contributed by atoms with van der Waals surface area (Å²) in [6.45, 7) is 1.92. The van der Waals surface area contributed by atoms with E-state index < -0.39 is 4.92 Å². The van der Waals surface area contributed by atoms with Crippen LogP contribution in [0.1, 0.15) is 11.3 Å². The summed E-state index contributed by atoms with van der Waals surface area (Å²) < 4.78 is 1.45. The van der Waals surface area contributed by atoms with Crippen molar-refractivity contribution in [1.29, 1.82) is 5.26 Å². The average Bonchev–Trinajstić information content (AvgIpc) is 2.99. The van der Waals surface area contributed by atoms with E-state index in [1.807, 2.05) is 37.3 Å². The molecular weight excluding hydrogens is 294 g/mol. The van der Waals surface area contributed by atoms with Crippen LogP contribution in [-0.4, -0.2) is 19.9 Å². The highest BCUT2D eigenvalue weighted by Gasteiger charge is 2.18. The van der Waals surface area contributed by atoms with Gasteiger partial charge in [-0.05, 0) is 18.6 Å². The number of hydrogen-bond donors (Lipinski definition) is 0. The summed E-state index contributed by atoms with van der Waals surface area (Å²) in [4.78, 5) is 10.5. The smallest absolute Gasteiger partial charge is 0.258 e. The standard InChI is InChI=1S/C16H11N5O2/c1-11-5-2-3-8-14(11)16-15(10-17)18-19-20(16)12-6-4-7-13(9-12)21(22)23/h2-9H,1H3. The molecule has 1 aromatic heterocycles. The van der Waals surface area contributed by atoms with Gasteiger partial charge in [0.15, 0.2) is 5.69 Å². The molecule has 0 atom stereocenters. The van der Waals surface area contributed by atoms with Gasteiger partial charge < -0.3 is 0 Å². The first-order valence-corrected chi connectivity index (χ1v) is 6.78. The molecule has 0 aliphatic rings. The van der Waals surface area contributed by atoms with Crippen molar-refractivity contribution < 1.29 is 4.92 Å². The van der Waals surface area contributed by atoms with Crippen molar-refractivity contribution in [1.82, 2.24) is 15.0 Å². The van der Waals surface area contributed by atoms with Gasteiger partial charge in [0.05, 0.1) is 10.6 Å². The predicted octanol–water partition coefficient (Wildman–Crippen LogP) is 3.02. The molecule has 23 heavy (non-hydrogen) atoms. The summed E-state index contributed by atoms with van der Waals surface area (Å²) in [5, 5.41) is 28.1. The molecule has 0 unspecified atom stereocenters. The van der Waals surface area contributed by atoms with Crippen LogP contribution >= 0.6 is 0 Å². The maximum Gasteiger partial charge on any atom is 0.271 e. The van der Waals surface area contributed by atoms with E-state index in [0.717, 1.165) is 11.1 Å². The lowest BCUT2D eigenvalue weighted by atomic mass is 10.0. The van der Waals surface area contributed by atoms with E-state index in [9.17, 15) is 15.4 Å². The van der Waals surface area contributed by atoms with Gasteiger partial charge >= 0.3 is 0 Å². The largest absolute Gasteiger partial charge is 0.271 e. The van der Waals surface area contributed by atoms with E-state index in [1.54, 1.807) is 12.1 Å². The van der Waals surface area contributed by atoms with Gasteiger partial charge in [-0.25, -0.2) is 4.68 Å². The van der Waals surface area contributed by atoms with Crippen LogP contribution < -0.4 is 0 Å². The third-order valence-electron chi connectivity index (χ3n) is 3.46. The van der Waals surface area contributed by atoms with Crippen LogP contribution in [0.3, 0.4) is 0 Å². The lowest BCUT2D eigenvalue weighted by Crippen LogP contribution is -2.01. The van der Waals surface area contributed by atoms with Crippen LogP contribution in [0.5, 0.6) is 0 Å². The first kappa shape index (κ1) is 14.4. The molecule has 3 aromatic rings. The van der Waals surface area contributed by atoms with Gasteiger partial charge in [-0.1, -0.05) is 35.5 Å². The molecule has 0 amide bonds. The first-order chi connectivity index (χ1) is 11.1. The Morgan fingerprint density at radius 1 is 1.22 bits per heavy atom. The van der Waals surface area contributed by atoms with Crippen molar-refractivity contribution in [2.24, 2.45) is 0 Å². The zero-order valence-electron chi connectivity index (χ0n) is 12.2. The van der Waals surface area contributed by atoms with Crippen LogP contribution in [0.15, 0.2) is 48.5 Å². The Balaban J connectivity index is 2.25. The van der Waals surface area contributed by atoms with Crippen molar-refractivity contribution in [3.8, 4) is 23.0 Å². The highest BCUT2D eigenvalue weighted by Crippen LogP contribution is 2.28. The Labute approximate surface area is 131 Å². The summed E-state index contributed by atoms with van der Waals surface area (Å²) in [7, 11) is 0. The van der Waals surface area contributed by atoms with E-state index >= 15 is 0 Å². The maximum atomic E-state index is 11.0. The van der Waals surface area contributed by atoms with Gasteiger partial charge in [-0.3, -0.25) is 10.1 Å². The number of aromatic nitrogens is 3. The van der Waals surface area contributed by atoms with E-state index in [-0.39, 0.29) is 11.4 Å². The molecule has 0 bridgehead atoms. The number of nitro groups is 1. The molecule has 1 heterocycles. The molecule has 0 aliphatic heterocycles. The van der Waals surface area contributed by atoms with Crippen molar-refractivity contribution >= 4 is 5.69 Å². The molecule has 112 valence electrons. The number of non-ortho nitro benzene ring substituents is 1. The number of nitro benzene ring substituents is 1. The quantitative estimate of drug-likeness (QED) is 0.547. The van der Waals surface area contributed by atoms with Crippen LogP contribution in [0, 0.1) is 28.4 Å². The number of benzene rings is 2. The fraction of sp³-hybridized carbons (Fsp3) is 0.0625. The van der Waals surface area contributed by atoms with Crippen molar-refractivity contribution in [3.05, 3.63) is 69.9 Å². The SMILES string of the molecule is Cc1ccccc1-c1c(C#N)nnn1-c1cccc([N+](=O)[O-])c1. The molecule has 0 aliphatic carbocycles. The number of nitriles is 1. The number of aryl methyl sites for hydroxylation is 1. The van der Waals surface area contributed by atoms with Gasteiger partial charge in [-0.15, -0.1) is 5.10 Å². The summed E-state index contributed by atoms with van der Waals surface area (Å²) >= 11 is 0. The second kappa shape index (κ2) is 5.69. The summed E-state index contributed by atoms with van der Waals surface area (Å²) in [6.07, 6.45) is 0. The molecule has 7 heteroatoms. The van der Waals surface area contributed by atoms with Crippen molar-refractivity contribution in [2.45, 2.75) is 6.92 Å². The van der Waals surface area contributed by atoms with E-state index in [0.29, 0.717) is 11.4 Å². The first-order valence-electron chi connectivity index (χ1n) is 6.78. The molecule has 0 saturated heterocycles. The number of rotatable bonds is 3. The third kappa shape index (κ3) is 2.53. The van der Waals surface area contributed by atoms with Crippen molar-refractivity contribution in [2.75, 3.05) is 0 Å². The van der Waals surface area contributed by atoms with E-state index in [4.69, 9.17) is 0 Å². The van der Waals surface area contributed by atoms with Gasteiger partial charge in [0, 0.05) is 17.7 Å². The van der Waals surface area contributed by atoms with Crippen LogP contribution in [0.4, 0.5) is 5.69 Å². The maximum absolute atomic E-state index is 11.0. The third-order valence-corrected chi connectivity index (χ3v) is 3.46. The zero-order chi connectivity index (χ0) is 16.4. The normalized spacial score (nSPS) is 10.3. The van der Waals surface area contributed by atoms with Gasteiger partial charge in [0.1, 0.15) is 11.8 Å². The molecule has 0 spiro atoms. The van der Waals surface area contributed by atoms with Crippen LogP contribution in [0.2, 0.25) is 0 Å². The molecule has 0 saturated carbocycles. The fourth-order valence-electron chi connectivity index (χ4n) is 2.36. The zero-order valence-corrected chi connectivity index (χ0v) is 12.2. The van der Waals surface area contributed by atoms with Crippen LogP contribution in [-0.2, 0) is 0 Å². The van der Waals surface area contributed by atoms with Gasteiger partial charge in [0.25, 0.3) is 5.69 Å². The summed E-state index contributed by atoms with van der Waals surface area (Å²) in [6, 6.07) is 15.6. The fourth-order valence-corrected chi connectivity index (χ4v) is 2.36. The number of hydrogen-bond acceptors (Lipinski definition) is 5. The van der Waals surface area contributed by atoms with E-state index in [2.05, 4.69) is 10.3 Å². The monoisotopic (exact) mass is 305 g/mol. The summed E-state index contributed by atoms with van der Waals surface area (Å²) in [5.41, 5.74) is 2.88. The lowest BCUT2D eigenvalue weighted by molar-refractivity contribution is -0.384. The second-order valence-electron chi connectivity index (χ2n) is 4.90. The van der Waals surface area contributed by atoms with Gasteiger partial charge in [-0.2, -0.15) is 5.26 Å². The highest BCUT2D eigenvalue weighted by molar-refractivity contribution is 5.70. The molecular formula is C16H11N5O2. The minimum absolute atomic E-state index is 0.0489. The highest BCUT2D eigenvalue weighted by atomic mass is 16.6. The Hall–Kier alpha value is -3.53. The molecule has 3 rings (SSSR count). The molecule has 0 radical (unpaired) electrons. The van der Waals surface area contributed by atoms with Gasteiger partial charge in [0.2, 0.25) is 0 Å². The lowest BCUT2D eigenvalue weighted by Gasteiger charge is -2.09. The molecule has 7 nitrogen and oxygen atoms in total. The minimum atomic E-state index is -0.473. The minimum Gasteiger partial charge on any atom is -0.258 e. The Morgan fingerprint density at radius 2 is 2.00 bits per heavy atom. The Bertz CT molecular complexity index is 940. The molecule has 2 aromatic carbocycles. The Kier molecular flexibility index (Phi) is 3.57. The van der Waals surface area contributed by atoms with Crippen LogP contribution in [0.25, 0.3) is 16.9 Å². The second-order valence-corrected chi connectivity index (χ2v) is 4.90. The van der Waals surface area contributed by atoms with E-state index in [1.165, 1.54) is 16.8 Å². The molecule has 0 N–H and O–H groups in total. The van der Waals surface area contributed by atoms with Crippen molar-refractivity contribution in [3.63, 3.8) is 0 Å². The number of nitrogens with zero attached hydrogens (tertiary/aromatic N) is 5. The predicted molar refractivity (Wildman–Crippen MR) is 82.9 cm³/mol. The average molecular weight is 305 g/mol. The topological polar surface area (TPSA) is 97.6 Å².